The number of hydrogen-bond donors (Lipinski definition) is 3. The van der Waals surface area contributed by atoms with Gasteiger partial charge in [0.2, 0.25) is 5.91 Å². The van der Waals surface area contributed by atoms with Crippen molar-refractivity contribution in [2.75, 3.05) is 6.61 Å². The van der Waals surface area contributed by atoms with Crippen LogP contribution in [0, 0.1) is 0 Å². The molecular formula is C21H18F6N6O5S. The fraction of sp³-hybridized carbons (Fsp3) is 0.333. The van der Waals surface area contributed by atoms with E-state index in [-0.39, 0.29) is 37.8 Å². The molecule has 0 aliphatic carbocycles. The fourth-order valence-corrected chi connectivity index (χ4v) is 3.67. The van der Waals surface area contributed by atoms with Gasteiger partial charge in [-0.25, -0.2) is 9.67 Å². The average Bonchev–Trinajstić information content (AvgIpc) is 3.38. The van der Waals surface area contributed by atoms with Crippen LogP contribution in [0.1, 0.15) is 22.5 Å². The normalized spacial score (nSPS) is 15.5. The fourth-order valence-electron chi connectivity index (χ4n) is 3.10. The lowest BCUT2D eigenvalue weighted by molar-refractivity contribution is -0.143. The average molecular weight is 580 g/mol. The summed E-state index contributed by atoms with van der Waals surface area (Å²) in [6.45, 7) is -0.265. The summed E-state index contributed by atoms with van der Waals surface area (Å²) in [6.07, 6.45) is -9.50. The van der Waals surface area contributed by atoms with Crippen LogP contribution in [0.5, 0.6) is 0 Å². The minimum atomic E-state index is -5.02. The maximum Gasteiger partial charge on any atom is 0.416 e. The molecular weight excluding hydrogens is 562 g/mol. The first kappa shape index (κ1) is 29.5. The molecule has 11 nitrogen and oxygen atoms in total. The molecule has 1 aliphatic rings. The zero-order valence-electron chi connectivity index (χ0n) is 19.4. The van der Waals surface area contributed by atoms with Crippen molar-refractivity contribution in [3.05, 3.63) is 57.8 Å². The van der Waals surface area contributed by atoms with Gasteiger partial charge in [0, 0.05) is 11.8 Å². The molecule has 0 saturated carbocycles. The Kier molecular flexibility index (Phi) is 9.23. The molecule has 2 unspecified atom stereocenters. The topological polar surface area (TPSA) is 152 Å². The Morgan fingerprint density at radius 2 is 1.77 bits per heavy atom. The molecule has 4 rings (SSSR count). The van der Waals surface area contributed by atoms with Crippen molar-refractivity contribution in [1.82, 2.24) is 30.6 Å². The number of hydrogen-bond acceptors (Lipinski definition) is 8. The summed E-state index contributed by atoms with van der Waals surface area (Å²) < 4.78 is 84.4. The second-order valence-electron chi connectivity index (χ2n) is 7.81. The number of thiazole rings is 1. The van der Waals surface area contributed by atoms with Crippen LogP contribution < -0.4 is 10.6 Å². The molecule has 0 spiro atoms. The summed E-state index contributed by atoms with van der Waals surface area (Å²) in [5.74, 6) is -1.08. The van der Waals surface area contributed by atoms with Crippen LogP contribution in [0.4, 0.5) is 26.3 Å². The van der Waals surface area contributed by atoms with Gasteiger partial charge in [-0.1, -0.05) is 5.21 Å². The summed E-state index contributed by atoms with van der Waals surface area (Å²) in [5, 5.41) is 21.0. The first-order chi connectivity index (χ1) is 18.3. The van der Waals surface area contributed by atoms with Gasteiger partial charge in [0.25, 0.3) is 12.4 Å². The monoisotopic (exact) mass is 580 g/mol. The number of carbonyl (C=O) groups excluding carboxylic acids is 2. The summed E-state index contributed by atoms with van der Waals surface area (Å²) >= 11 is 1.30. The first-order valence-corrected chi connectivity index (χ1v) is 11.6. The quantitative estimate of drug-likeness (QED) is 0.208. The van der Waals surface area contributed by atoms with Gasteiger partial charge in [0.15, 0.2) is 6.10 Å². The van der Waals surface area contributed by atoms with Gasteiger partial charge < -0.3 is 20.5 Å². The van der Waals surface area contributed by atoms with Gasteiger partial charge in [-0.05, 0) is 18.2 Å². The molecule has 2 atom stereocenters. The summed E-state index contributed by atoms with van der Waals surface area (Å²) in [6, 6.07) is 0.0131. The highest BCUT2D eigenvalue weighted by atomic mass is 32.1. The van der Waals surface area contributed by atoms with Crippen molar-refractivity contribution in [2.24, 2.45) is 0 Å². The smallest absolute Gasteiger partial charge is 0.416 e. The minimum Gasteiger partial charge on any atom is -0.483 e. The third kappa shape index (κ3) is 8.47. The van der Waals surface area contributed by atoms with Crippen molar-refractivity contribution in [1.29, 1.82) is 0 Å². The Hall–Kier alpha value is -4.06. The van der Waals surface area contributed by atoms with Crippen LogP contribution >= 0.6 is 11.3 Å². The molecule has 1 aliphatic heterocycles. The molecule has 2 amide bonds. The minimum absolute atomic E-state index is 0.00497. The third-order valence-corrected chi connectivity index (χ3v) is 5.61. The Morgan fingerprint density at radius 3 is 2.28 bits per heavy atom. The van der Waals surface area contributed by atoms with Crippen LogP contribution in [-0.4, -0.2) is 62.1 Å². The molecule has 210 valence electrons. The third-order valence-electron chi connectivity index (χ3n) is 4.98. The summed E-state index contributed by atoms with van der Waals surface area (Å²) in [7, 11) is 0. The van der Waals surface area contributed by atoms with Crippen LogP contribution in [0.3, 0.4) is 0 Å². The second-order valence-corrected chi connectivity index (χ2v) is 8.53. The molecule has 1 fully saturated rings. The van der Waals surface area contributed by atoms with Crippen molar-refractivity contribution in [3.8, 4) is 5.69 Å². The Bertz CT molecular complexity index is 1260. The summed E-state index contributed by atoms with van der Waals surface area (Å²) in [5.41, 5.74) is -1.34. The second kappa shape index (κ2) is 12.2. The molecule has 2 aromatic heterocycles. The van der Waals surface area contributed by atoms with Crippen LogP contribution in [-0.2, 0) is 44.4 Å². The number of halogens is 6. The largest absolute Gasteiger partial charge is 0.483 e. The van der Waals surface area contributed by atoms with Crippen molar-refractivity contribution in [3.63, 3.8) is 0 Å². The summed E-state index contributed by atoms with van der Waals surface area (Å²) in [4.78, 5) is 37.2. The van der Waals surface area contributed by atoms with Gasteiger partial charge in [-0.15, -0.1) is 16.4 Å². The number of rotatable bonds is 8. The van der Waals surface area contributed by atoms with E-state index < -0.39 is 53.1 Å². The molecule has 39 heavy (non-hydrogen) atoms. The van der Waals surface area contributed by atoms with Gasteiger partial charge in [0.05, 0.1) is 47.4 Å². The molecule has 1 aromatic carbocycles. The highest BCUT2D eigenvalue weighted by Crippen LogP contribution is 2.37. The van der Waals surface area contributed by atoms with E-state index >= 15 is 0 Å². The van der Waals surface area contributed by atoms with Crippen molar-refractivity contribution in [2.45, 2.75) is 37.5 Å². The van der Waals surface area contributed by atoms with Crippen LogP contribution in [0.15, 0.2) is 35.3 Å². The van der Waals surface area contributed by atoms with Gasteiger partial charge in [-0.3, -0.25) is 14.4 Å². The van der Waals surface area contributed by atoms with E-state index in [0.717, 1.165) is 10.9 Å². The number of carbonyl (C=O) groups is 3. The standard InChI is InChI=1S/C20H16F6N6O3S.CH2O2/c21-19(22,23)10-1-11(20(24,25)26)3-14(2-10)32-6-13(30-31-32)5-27-17(33)15(4-12-8-36-9-28-12)29-18(34)16-7-35-16;2-1-3/h1-3,6,8-9,15-16H,4-5,7H2,(H,27,33)(H,29,34);1H,(H,2,3). The molecule has 3 aromatic rings. The van der Waals surface area contributed by atoms with E-state index in [4.69, 9.17) is 14.6 Å². The predicted octanol–water partition coefficient (Wildman–Crippen LogP) is 2.20. The number of nitrogens with zero attached hydrogens (tertiary/aromatic N) is 4. The molecule has 3 heterocycles. The lowest BCUT2D eigenvalue weighted by Gasteiger charge is -2.16. The zero-order valence-corrected chi connectivity index (χ0v) is 20.2. The Labute approximate surface area is 218 Å². The zero-order chi connectivity index (χ0) is 28.8. The lowest BCUT2D eigenvalue weighted by atomic mass is 10.1. The lowest BCUT2D eigenvalue weighted by Crippen LogP contribution is -2.49. The highest BCUT2D eigenvalue weighted by molar-refractivity contribution is 7.07. The maximum atomic E-state index is 13.1. The first-order valence-electron chi connectivity index (χ1n) is 10.7. The molecule has 1 saturated heterocycles. The number of epoxide rings is 1. The number of alkyl halides is 6. The Balaban J connectivity index is 0.00000134. The molecule has 3 N–H and O–H groups in total. The molecule has 0 radical (unpaired) electrons. The van der Waals surface area contributed by atoms with Crippen LogP contribution in [0.25, 0.3) is 5.69 Å². The maximum absolute atomic E-state index is 13.1. The van der Waals surface area contributed by atoms with E-state index in [1.165, 1.54) is 11.3 Å². The van der Waals surface area contributed by atoms with Gasteiger partial charge in [0.1, 0.15) is 11.7 Å². The van der Waals surface area contributed by atoms with Gasteiger partial charge >= 0.3 is 12.4 Å². The number of amides is 2. The SMILES string of the molecule is O=C(NCc1cn(-c2cc(C(F)(F)F)cc(C(F)(F)F)c2)nn1)C(Cc1cscn1)NC(=O)C1CO1.O=CO. The van der Waals surface area contributed by atoms with Crippen molar-refractivity contribution >= 4 is 29.6 Å². The molecule has 0 bridgehead atoms. The van der Waals surface area contributed by atoms with E-state index in [2.05, 4.69) is 25.9 Å². The number of aromatic nitrogens is 4. The number of nitrogens with one attached hydrogen (secondary N) is 2. The predicted molar refractivity (Wildman–Crippen MR) is 119 cm³/mol. The van der Waals surface area contributed by atoms with Crippen LogP contribution in [0.2, 0.25) is 0 Å². The molecule has 18 heteroatoms. The number of ether oxygens (including phenoxy) is 1. The highest BCUT2D eigenvalue weighted by Gasteiger charge is 2.37. The number of carboxylic acid groups (broad SMARTS) is 1. The van der Waals surface area contributed by atoms with E-state index in [1.807, 2.05) is 0 Å². The van der Waals surface area contributed by atoms with E-state index in [9.17, 15) is 35.9 Å². The van der Waals surface area contributed by atoms with Gasteiger partial charge in [-0.2, -0.15) is 26.3 Å². The van der Waals surface area contributed by atoms with Crippen molar-refractivity contribution < 1.29 is 50.6 Å². The number of benzene rings is 1. The van der Waals surface area contributed by atoms with E-state index in [1.54, 1.807) is 10.9 Å². The Morgan fingerprint density at radius 1 is 1.15 bits per heavy atom. The van der Waals surface area contributed by atoms with E-state index in [0.29, 0.717) is 17.8 Å².